The molecule has 2 aromatic rings. The quantitative estimate of drug-likeness (QED) is 0.687. The first kappa shape index (κ1) is 19.3. The highest BCUT2D eigenvalue weighted by atomic mass is 16.5. The van der Waals surface area contributed by atoms with E-state index < -0.39 is 5.97 Å². The number of hydrogen-bond donors (Lipinski definition) is 2. The molecule has 0 aliphatic heterocycles. The van der Waals surface area contributed by atoms with Crippen molar-refractivity contribution in [3.63, 3.8) is 0 Å². The topological polar surface area (TPSA) is 123 Å². The zero-order chi connectivity index (χ0) is 19.1. The van der Waals surface area contributed by atoms with Gasteiger partial charge in [0.25, 0.3) is 0 Å². The standard InChI is InChI=1S/C18H24N4O4/c1-4-24-14-8-11(17(23)26-6-3)9-15(25-5-2)13(14)7-12-10-21-18(20)22-16(12)19/h8-10H,4-7H2,1-3H3,(H4,19,20,21,22). The summed E-state index contributed by atoms with van der Waals surface area (Å²) in [6, 6.07) is 3.29. The number of anilines is 2. The molecule has 0 spiro atoms. The molecule has 0 unspecified atom stereocenters. The van der Waals surface area contributed by atoms with Gasteiger partial charge in [-0.05, 0) is 32.9 Å². The summed E-state index contributed by atoms with van der Waals surface area (Å²) in [6.07, 6.45) is 1.95. The molecule has 0 amide bonds. The predicted octanol–water partition coefficient (Wildman–Crippen LogP) is 2.21. The molecule has 2 rings (SSSR count). The summed E-state index contributed by atoms with van der Waals surface area (Å²) in [6.45, 7) is 6.62. The van der Waals surface area contributed by atoms with Crippen LogP contribution < -0.4 is 20.9 Å². The fourth-order valence-electron chi connectivity index (χ4n) is 2.46. The van der Waals surface area contributed by atoms with Gasteiger partial charge in [-0.25, -0.2) is 9.78 Å². The fraction of sp³-hybridized carbons (Fsp3) is 0.389. The van der Waals surface area contributed by atoms with Crippen LogP contribution in [0.4, 0.5) is 11.8 Å². The van der Waals surface area contributed by atoms with Crippen molar-refractivity contribution in [3.05, 3.63) is 35.0 Å². The van der Waals surface area contributed by atoms with E-state index in [1.54, 1.807) is 25.3 Å². The van der Waals surface area contributed by atoms with Gasteiger partial charge in [0, 0.05) is 23.7 Å². The van der Waals surface area contributed by atoms with Crippen molar-refractivity contribution in [1.29, 1.82) is 0 Å². The van der Waals surface area contributed by atoms with Gasteiger partial charge in [-0.2, -0.15) is 4.98 Å². The smallest absolute Gasteiger partial charge is 0.338 e. The molecule has 26 heavy (non-hydrogen) atoms. The van der Waals surface area contributed by atoms with Crippen molar-refractivity contribution in [1.82, 2.24) is 9.97 Å². The van der Waals surface area contributed by atoms with Gasteiger partial charge in [-0.1, -0.05) is 0 Å². The van der Waals surface area contributed by atoms with E-state index in [0.717, 1.165) is 5.56 Å². The van der Waals surface area contributed by atoms with Gasteiger partial charge < -0.3 is 25.7 Å². The lowest BCUT2D eigenvalue weighted by molar-refractivity contribution is 0.0525. The molecule has 0 atom stereocenters. The number of aromatic nitrogens is 2. The Morgan fingerprint density at radius 1 is 1.04 bits per heavy atom. The minimum Gasteiger partial charge on any atom is -0.493 e. The van der Waals surface area contributed by atoms with Crippen LogP contribution in [0.5, 0.6) is 11.5 Å². The van der Waals surface area contributed by atoms with Crippen LogP contribution in [0.15, 0.2) is 18.3 Å². The molecule has 0 fully saturated rings. The van der Waals surface area contributed by atoms with Gasteiger partial charge in [-0.15, -0.1) is 0 Å². The van der Waals surface area contributed by atoms with E-state index in [0.29, 0.717) is 42.3 Å². The first-order chi connectivity index (χ1) is 12.5. The molecule has 140 valence electrons. The van der Waals surface area contributed by atoms with E-state index >= 15 is 0 Å². The highest BCUT2D eigenvalue weighted by molar-refractivity contribution is 5.90. The molecule has 0 saturated carbocycles. The van der Waals surface area contributed by atoms with Gasteiger partial charge in [0.2, 0.25) is 5.95 Å². The molecule has 0 radical (unpaired) electrons. The SMILES string of the molecule is CCOC(=O)c1cc(OCC)c(Cc2cnc(N)nc2N)c(OCC)c1. The first-order valence-corrected chi connectivity index (χ1v) is 8.46. The average molecular weight is 360 g/mol. The normalized spacial score (nSPS) is 10.4. The monoisotopic (exact) mass is 360 g/mol. The number of carbonyl (C=O) groups excluding carboxylic acids is 1. The second kappa shape index (κ2) is 8.89. The van der Waals surface area contributed by atoms with Crippen molar-refractivity contribution < 1.29 is 19.0 Å². The van der Waals surface area contributed by atoms with Gasteiger partial charge in [0.15, 0.2) is 0 Å². The highest BCUT2D eigenvalue weighted by Gasteiger charge is 2.19. The highest BCUT2D eigenvalue weighted by Crippen LogP contribution is 2.34. The average Bonchev–Trinajstić information content (AvgIpc) is 2.60. The van der Waals surface area contributed by atoms with Crippen LogP contribution in [0.25, 0.3) is 0 Å². The third kappa shape index (κ3) is 4.53. The lowest BCUT2D eigenvalue weighted by Gasteiger charge is -2.17. The molecule has 4 N–H and O–H groups in total. The van der Waals surface area contributed by atoms with Gasteiger partial charge in [0.1, 0.15) is 17.3 Å². The molecule has 0 aliphatic rings. The van der Waals surface area contributed by atoms with Crippen molar-refractivity contribution in [2.24, 2.45) is 0 Å². The Morgan fingerprint density at radius 3 is 2.15 bits per heavy atom. The van der Waals surface area contributed by atoms with Crippen LogP contribution >= 0.6 is 0 Å². The molecule has 0 bridgehead atoms. The molecule has 1 aromatic carbocycles. The summed E-state index contributed by atoms with van der Waals surface area (Å²) in [5.41, 5.74) is 13.3. The Kier molecular flexibility index (Phi) is 6.60. The lowest BCUT2D eigenvalue weighted by Crippen LogP contribution is -2.10. The van der Waals surface area contributed by atoms with E-state index in [9.17, 15) is 4.79 Å². The number of ether oxygens (including phenoxy) is 3. The largest absolute Gasteiger partial charge is 0.493 e. The van der Waals surface area contributed by atoms with Crippen LogP contribution in [-0.4, -0.2) is 35.8 Å². The molecule has 8 nitrogen and oxygen atoms in total. The molecule has 0 aliphatic carbocycles. The maximum atomic E-state index is 12.1. The zero-order valence-corrected chi connectivity index (χ0v) is 15.2. The molecule has 1 aromatic heterocycles. The van der Waals surface area contributed by atoms with Crippen LogP contribution in [0.3, 0.4) is 0 Å². The van der Waals surface area contributed by atoms with Crippen molar-refractivity contribution >= 4 is 17.7 Å². The number of benzene rings is 1. The second-order valence-corrected chi connectivity index (χ2v) is 5.35. The minimum absolute atomic E-state index is 0.110. The fourth-order valence-corrected chi connectivity index (χ4v) is 2.46. The number of nitrogens with two attached hydrogens (primary N) is 2. The van der Waals surface area contributed by atoms with Gasteiger partial charge in [-0.3, -0.25) is 0 Å². The third-order valence-corrected chi connectivity index (χ3v) is 3.56. The van der Waals surface area contributed by atoms with Crippen LogP contribution in [-0.2, 0) is 11.2 Å². The number of esters is 1. The number of nitrogen functional groups attached to an aromatic ring is 2. The number of rotatable bonds is 8. The van der Waals surface area contributed by atoms with Crippen molar-refractivity contribution in [3.8, 4) is 11.5 Å². The summed E-state index contributed by atoms with van der Waals surface area (Å²) in [5, 5.41) is 0. The van der Waals surface area contributed by atoms with Crippen molar-refractivity contribution in [2.75, 3.05) is 31.3 Å². The summed E-state index contributed by atoms with van der Waals surface area (Å²) < 4.78 is 16.6. The molecule has 8 heteroatoms. The van der Waals surface area contributed by atoms with Crippen LogP contribution in [0.2, 0.25) is 0 Å². The number of carbonyl (C=O) groups is 1. The van der Waals surface area contributed by atoms with Gasteiger partial charge >= 0.3 is 5.97 Å². The summed E-state index contributed by atoms with van der Waals surface area (Å²) in [5.74, 6) is 1.02. The Hall–Kier alpha value is -3.03. The Labute approximate surface area is 152 Å². The van der Waals surface area contributed by atoms with E-state index in [1.807, 2.05) is 13.8 Å². The molecular weight excluding hydrogens is 336 g/mol. The summed E-state index contributed by atoms with van der Waals surface area (Å²) >= 11 is 0. The number of nitrogens with zero attached hydrogens (tertiary/aromatic N) is 2. The Bertz CT molecular complexity index is 753. The zero-order valence-electron chi connectivity index (χ0n) is 15.2. The van der Waals surface area contributed by atoms with E-state index in [4.69, 9.17) is 25.7 Å². The van der Waals surface area contributed by atoms with Crippen molar-refractivity contribution in [2.45, 2.75) is 27.2 Å². The van der Waals surface area contributed by atoms with E-state index in [1.165, 1.54) is 0 Å². The predicted molar refractivity (Wildman–Crippen MR) is 98.4 cm³/mol. The number of hydrogen-bond acceptors (Lipinski definition) is 8. The molecular formula is C18H24N4O4. The third-order valence-electron chi connectivity index (χ3n) is 3.56. The maximum absolute atomic E-state index is 12.1. The van der Waals surface area contributed by atoms with Crippen LogP contribution in [0.1, 0.15) is 42.3 Å². The minimum atomic E-state index is -0.434. The maximum Gasteiger partial charge on any atom is 0.338 e. The Balaban J connectivity index is 2.51. The summed E-state index contributed by atoms with van der Waals surface area (Å²) in [7, 11) is 0. The Morgan fingerprint density at radius 2 is 1.65 bits per heavy atom. The lowest BCUT2D eigenvalue weighted by atomic mass is 10.0. The van der Waals surface area contributed by atoms with Crippen LogP contribution in [0, 0.1) is 0 Å². The van der Waals surface area contributed by atoms with Gasteiger partial charge in [0.05, 0.1) is 25.4 Å². The summed E-state index contributed by atoms with van der Waals surface area (Å²) in [4.78, 5) is 20.1. The molecule has 0 saturated heterocycles. The first-order valence-electron chi connectivity index (χ1n) is 8.46. The van der Waals surface area contributed by atoms with E-state index in [-0.39, 0.29) is 18.4 Å². The molecule has 1 heterocycles. The van der Waals surface area contributed by atoms with E-state index in [2.05, 4.69) is 9.97 Å². The second-order valence-electron chi connectivity index (χ2n) is 5.35.